The van der Waals surface area contributed by atoms with Crippen LogP contribution < -0.4 is 5.32 Å². The molecule has 2 aliphatic rings. The van der Waals surface area contributed by atoms with E-state index in [-0.39, 0.29) is 16.0 Å². The highest BCUT2D eigenvalue weighted by Gasteiger charge is 2.37. The maximum absolute atomic E-state index is 13.1. The van der Waals surface area contributed by atoms with Crippen molar-refractivity contribution in [3.63, 3.8) is 0 Å². The lowest BCUT2D eigenvalue weighted by Crippen LogP contribution is -2.62. The molecule has 3 rings (SSSR count). The molecule has 2 heterocycles. The number of ether oxygens (including phenoxy) is 1. The second kappa shape index (κ2) is 6.41. The van der Waals surface area contributed by atoms with E-state index in [0.717, 1.165) is 38.2 Å². The summed E-state index contributed by atoms with van der Waals surface area (Å²) in [5.41, 5.74) is 0. The molecule has 0 aliphatic carbocycles. The zero-order valence-corrected chi connectivity index (χ0v) is 13.5. The van der Waals surface area contributed by atoms with E-state index in [0.29, 0.717) is 19.1 Å². The third-order valence-electron chi connectivity index (χ3n) is 4.07. The predicted molar refractivity (Wildman–Crippen MR) is 80.9 cm³/mol. The summed E-state index contributed by atoms with van der Waals surface area (Å²) in [6.07, 6.45) is 1.91. The van der Waals surface area contributed by atoms with Gasteiger partial charge in [-0.2, -0.15) is 4.31 Å². The zero-order valence-electron chi connectivity index (χ0n) is 12.0. The summed E-state index contributed by atoms with van der Waals surface area (Å²) in [5, 5.41) is 3.28. The predicted octanol–water partition coefficient (Wildman–Crippen LogP) is 1.62. The van der Waals surface area contributed by atoms with Gasteiger partial charge in [0.05, 0.1) is 9.92 Å². The van der Waals surface area contributed by atoms with Crippen molar-refractivity contribution in [2.75, 3.05) is 26.3 Å². The van der Waals surface area contributed by atoms with E-state index in [1.807, 2.05) is 0 Å². The lowest BCUT2D eigenvalue weighted by molar-refractivity contribution is 0.0678. The van der Waals surface area contributed by atoms with Gasteiger partial charge < -0.3 is 10.1 Å². The van der Waals surface area contributed by atoms with Gasteiger partial charge in [-0.25, -0.2) is 12.8 Å². The minimum atomic E-state index is -3.60. The van der Waals surface area contributed by atoms with Gasteiger partial charge in [0.25, 0.3) is 0 Å². The molecule has 8 heteroatoms. The fourth-order valence-electron chi connectivity index (χ4n) is 2.72. The Kier molecular flexibility index (Phi) is 4.70. The third kappa shape index (κ3) is 3.28. The Balaban J connectivity index is 1.59. The first-order chi connectivity index (χ1) is 10.5. The Hall–Kier alpha value is -0.730. The average Bonchev–Trinajstić information content (AvgIpc) is 2.46. The molecule has 2 fully saturated rings. The van der Waals surface area contributed by atoms with Crippen molar-refractivity contribution in [2.24, 2.45) is 0 Å². The second-order valence-electron chi connectivity index (χ2n) is 5.65. The molecule has 0 bridgehead atoms. The number of benzene rings is 1. The van der Waals surface area contributed by atoms with Crippen molar-refractivity contribution in [2.45, 2.75) is 29.8 Å². The Morgan fingerprint density at radius 2 is 1.91 bits per heavy atom. The molecule has 5 nitrogen and oxygen atoms in total. The summed E-state index contributed by atoms with van der Waals surface area (Å²) >= 11 is 5.66. The van der Waals surface area contributed by atoms with E-state index < -0.39 is 15.8 Å². The van der Waals surface area contributed by atoms with Gasteiger partial charge in [0.15, 0.2) is 0 Å². The number of halogens is 2. The normalized spacial score (nSPS) is 21.7. The molecule has 1 aromatic carbocycles. The molecule has 0 amide bonds. The van der Waals surface area contributed by atoms with Crippen LogP contribution in [-0.4, -0.2) is 51.1 Å². The number of nitrogens with zero attached hydrogens (tertiary/aromatic N) is 1. The summed E-state index contributed by atoms with van der Waals surface area (Å²) in [6, 6.07) is 4.03. The molecule has 0 unspecified atom stereocenters. The van der Waals surface area contributed by atoms with Crippen molar-refractivity contribution >= 4 is 21.6 Å². The van der Waals surface area contributed by atoms with E-state index in [4.69, 9.17) is 16.3 Å². The number of hydrogen-bond donors (Lipinski definition) is 1. The first-order valence-corrected chi connectivity index (χ1v) is 9.07. The quantitative estimate of drug-likeness (QED) is 0.898. The smallest absolute Gasteiger partial charge is 0.243 e. The molecular weight excluding hydrogens is 331 g/mol. The van der Waals surface area contributed by atoms with Crippen molar-refractivity contribution in [1.82, 2.24) is 9.62 Å². The van der Waals surface area contributed by atoms with Gasteiger partial charge >= 0.3 is 0 Å². The van der Waals surface area contributed by atoms with Crippen molar-refractivity contribution in [3.8, 4) is 0 Å². The van der Waals surface area contributed by atoms with E-state index in [1.165, 1.54) is 10.4 Å². The lowest BCUT2D eigenvalue weighted by atomic mass is 10.1. The number of sulfonamides is 1. The highest BCUT2D eigenvalue weighted by molar-refractivity contribution is 7.89. The Labute approximate surface area is 134 Å². The van der Waals surface area contributed by atoms with Gasteiger partial charge in [-0.05, 0) is 31.0 Å². The summed E-state index contributed by atoms with van der Waals surface area (Å²) in [7, 11) is -3.60. The standard InChI is InChI=1S/C14H18ClFN2O3S/c15-13-7-12(1-2-14(13)16)22(19,20)18-8-11(9-18)17-10-3-5-21-6-4-10/h1-2,7,10-11,17H,3-6,8-9H2. The fourth-order valence-corrected chi connectivity index (χ4v) is 4.53. The molecule has 0 spiro atoms. The monoisotopic (exact) mass is 348 g/mol. The molecule has 122 valence electrons. The minimum absolute atomic E-state index is 0.0309. The fraction of sp³-hybridized carbons (Fsp3) is 0.571. The summed E-state index contributed by atoms with van der Waals surface area (Å²) < 4.78 is 44.7. The molecule has 1 N–H and O–H groups in total. The lowest BCUT2D eigenvalue weighted by Gasteiger charge is -2.41. The first kappa shape index (κ1) is 16.1. The van der Waals surface area contributed by atoms with Gasteiger partial charge in [0.2, 0.25) is 10.0 Å². The van der Waals surface area contributed by atoms with Crippen LogP contribution in [0.1, 0.15) is 12.8 Å². The van der Waals surface area contributed by atoms with E-state index in [9.17, 15) is 12.8 Å². The average molecular weight is 349 g/mol. The molecule has 1 aromatic rings. The van der Waals surface area contributed by atoms with Crippen molar-refractivity contribution in [1.29, 1.82) is 0 Å². The SMILES string of the molecule is O=S(=O)(c1ccc(F)c(Cl)c1)N1CC(NC2CCOCC2)C1. The highest BCUT2D eigenvalue weighted by atomic mass is 35.5. The maximum Gasteiger partial charge on any atom is 0.243 e. The maximum atomic E-state index is 13.1. The van der Waals surface area contributed by atoms with E-state index >= 15 is 0 Å². The molecule has 2 aliphatic heterocycles. The van der Waals surface area contributed by atoms with Crippen LogP contribution in [0.5, 0.6) is 0 Å². The van der Waals surface area contributed by atoms with Crippen LogP contribution in [0, 0.1) is 5.82 Å². The van der Waals surface area contributed by atoms with Crippen LogP contribution >= 0.6 is 11.6 Å². The van der Waals surface area contributed by atoms with Gasteiger partial charge in [-0.1, -0.05) is 11.6 Å². The number of rotatable bonds is 4. The largest absolute Gasteiger partial charge is 0.381 e. The topological polar surface area (TPSA) is 58.6 Å². The third-order valence-corrected chi connectivity index (χ3v) is 6.19. The first-order valence-electron chi connectivity index (χ1n) is 7.26. The minimum Gasteiger partial charge on any atom is -0.381 e. The second-order valence-corrected chi connectivity index (χ2v) is 7.99. The van der Waals surface area contributed by atoms with Crippen LogP contribution in [-0.2, 0) is 14.8 Å². The molecule has 22 heavy (non-hydrogen) atoms. The van der Waals surface area contributed by atoms with Gasteiger partial charge in [-0.15, -0.1) is 0 Å². The Morgan fingerprint density at radius 1 is 1.23 bits per heavy atom. The van der Waals surface area contributed by atoms with Gasteiger partial charge in [0.1, 0.15) is 5.82 Å². The zero-order chi connectivity index (χ0) is 15.7. The summed E-state index contributed by atoms with van der Waals surface area (Å²) in [4.78, 5) is 0.0309. The van der Waals surface area contributed by atoms with Crippen molar-refractivity contribution < 1.29 is 17.5 Å². The highest BCUT2D eigenvalue weighted by Crippen LogP contribution is 2.25. The Morgan fingerprint density at radius 3 is 2.55 bits per heavy atom. The van der Waals surface area contributed by atoms with Crippen LogP contribution in [0.25, 0.3) is 0 Å². The van der Waals surface area contributed by atoms with Crippen LogP contribution in [0.4, 0.5) is 4.39 Å². The summed E-state index contributed by atoms with van der Waals surface area (Å²) in [5.74, 6) is -0.622. The number of nitrogens with one attached hydrogen (secondary N) is 1. The molecule has 0 aromatic heterocycles. The van der Waals surface area contributed by atoms with Gasteiger partial charge in [0, 0.05) is 38.4 Å². The molecule has 0 atom stereocenters. The molecule has 2 saturated heterocycles. The van der Waals surface area contributed by atoms with Crippen molar-refractivity contribution in [3.05, 3.63) is 29.0 Å². The van der Waals surface area contributed by atoms with Crippen LogP contribution in [0.15, 0.2) is 23.1 Å². The van der Waals surface area contributed by atoms with E-state index in [1.54, 1.807) is 0 Å². The number of hydrogen-bond acceptors (Lipinski definition) is 4. The summed E-state index contributed by atoms with van der Waals surface area (Å²) in [6.45, 7) is 2.35. The van der Waals surface area contributed by atoms with Crippen LogP contribution in [0.3, 0.4) is 0 Å². The van der Waals surface area contributed by atoms with E-state index in [2.05, 4.69) is 5.32 Å². The Bertz CT molecular complexity index is 643. The molecule has 0 saturated carbocycles. The van der Waals surface area contributed by atoms with Crippen LogP contribution in [0.2, 0.25) is 5.02 Å². The molecular formula is C14H18ClFN2O3S. The molecule has 0 radical (unpaired) electrons. The van der Waals surface area contributed by atoms with Gasteiger partial charge in [-0.3, -0.25) is 0 Å².